The van der Waals surface area contributed by atoms with E-state index in [4.69, 9.17) is 4.74 Å². The number of hydrogen-bond donors (Lipinski definition) is 3. The number of aryl methyl sites for hydroxylation is 1. The predicted octanol–water partition coefficient (Wildman–Crippen LogP) is -0.400. The lowest BCUT2D eigenvalue weighted by Gasteiger charge is -2.18. The van der Waals surface area contributed by atoms with Crippen molar-refractivity contribution in [2.45, 2.75) is 24.5 Å². The molecule has 1 aliphatic rings. The summed E-state index contributed by atoms with van der Waals surface area (Å²) in [5.74, 6) is 0.752. The Hall–Kier alpha value is -2.20. The molecule has 0 radical (unpaired) electrons. The van der Waals surface area contributed by atoms with E-state index in [2.05, 4.69) is 9.97 Å². The van der Waals surface area contributed by atoms with E-state index in [0.717, 1.165) is 22.2 Å². The molecule has 0 saturated carbocycles. The summed E-state index contributed by atoms with van der Waals surface area (Å²) in [6, 6.07) is 1.91. The predicted molar refractivity (Wildman–Crippen MR) is 91.3 cm³/mol. The quantitative estimate of drug-likeness (QED) is 0.591. The van der Waals surface area contributed by atoms with Crippen LogP contribution in [-0.2, 0) is 11.8 Å². The van der Waals surface area contributed by atoms with E-state index in [0.29, 0.717) is 5.65 Å². The molecule has 1 fully saturated rings. The van der Waals surface area contributed by atoms with Crippen molar-refractivity contribution in [2.75, 3.05) is 25.6 Å². The van der Waals surface area contributed by atoms with Crippen molar-refractivity contribution in [1.29, 1.82) is 0 Å². The van der Waals surface area contributed by atoms with Crippen molar-refractivity contribution in [3.05, 3.63) is 18.6 Å². The van der Waals surface area contributed by atoms with Gasteiger partial charge in [-0.25, -0.2) is 9.97 Å². The van der Waals surface area contributed by atoms with Gasteiger partial charge < -0.3 is 29.5 Å². The Labute approximate surface area is 143 Å². The van der Waals surface area contributed by atoms with Gasteiger partial charge in [0.25, 0.3) is 0 Å². The summed E-state index contributed by atoms with van der Waals surface area (Å²) in [5.41, 5.74) is 2.34. The maximum atomic E-state index is 10.5. The number of aromatic nitrogens is 4. The number of ether oxygens (including phenoxy) is 1. The van der Waals surface area contributed by atoms with Crippen LogP contribution in [0.2, 0.25) is 0 Å². The third-order valence-electron chi connectivity index (χ3n) is 4.78. The summed E-state index contributed by atoms with van der Waals surface area (Å²) < 4.78 is 9.47. The number of aliphatic hydroxyl groups excluding tert-OH is 3. The lowest BCUT2D eigenvalue weighted by Crippen LogP contribution is -2.33. The first kappa shape index (κ1) is 16.3. The van der Waals surface area contributed by atoms with E-state index in [1.807, 2.05) is 42.9 Å². The maximum absolute atomic E-state index is 10.5. The second kappa shape index (κ2) is 5.67. The molecule has 4 unspecified atom stereocenters. The highest BCUT2D eigenvalue weighted by Gasteiger charge is 2.44. The number of aliphatic hydroxyl groups is 3. The van der Waals surface area contributed by atoms with E-state index < -0.39 is 24.5 Å². The van der Waals surface area contributed by atoms with Crippen molar-refractivity contribution in [3.8, 4) is 0 Å². The third kappa shape index (κ3) is 2.17. The Morgan fingerprint density at radius 1 is 1.24 bits per heavy atom. The van der Waals surface area contributed by atoms with Gasteiger partial charge in [-0.15, -0.1) is 0 Å². The fraction of sp³-hybridized carbons (Fsp3) is 0.500. The average molecular weight is 347 g/mol. The Kier molecular flexibility index (Phi) is 3.69. The fourth-order valence-corrected chi connectivity index (χ4v) is 3.58. The molecular formula is C16H21N5O4. The molecule has 0 amide bonds. The van der Waals surface area contributed by atoms with Gasteiger partial charge in [0.1, 0.15) is 36.1 Å². The minimum Gasteiger partial charge on any atom is -0.394 e. The standard InChI is InChI=1S/C16H21N5O4/c1-19(2)14-10-11-8(4-5-20(11)3)21(15(10)18-7-17-14)16-13(24)12(23)9(6-22)25-16/h4-5,7,9,12-13,16,22-24H,6H2,1-3H3. The molecule has 0 bridgehead atoms. The molecule has 4 heterocycles. The third-order valence-corrected chi connectivity index (χ3v) is 4.78. The van der Waals surface area contributed by atoms with Gasteiger partial charge in [0.2, 0.25) is 0 Å². The molecule has 0 aromatic carbocycles. The summed E-state index contributed by atoms with van der Waals surface area (Å²) in [4.78, 5) is 10.7. The van der Waals surface area contributed by atoms with Gasteiger partial charge in [0, 0.05) is 27.3 Å². The molecule has 134 valence electrons. The maximum Gasteiger partial charge on any atom is 0.165 e. The number of hydrogen-bond acceptors (Lipinski definition) is 7. The molecule has 9 nitrogen and oxygen atoms in total. The van der Waals surface area contributed by atoms with Crippen LogP contribution in [0.5, 0.6) is 0 Å². The number of rotatable bonds is 3. The van der Waals surface area contributed by atoms with Crippen molar-refractivity contribution in [3.63, 3.8) is 0 Å². The molecule has 4 atom stereocenters. The average Bonchev–Trinajstić information content (AvgIpc) is 3.21. The van der Waals surface area contributed by atoms with Gasteiger partial charge in [0.05, 0.1) is 23.0 Å². The second-order valence-corrected chi connectivity index (χ2v) is 6.55. The first-order chi connectivity index (χ1) is 12.0. The van der Waals surface area contributed by atoms with Gasteiger partial charge in [-0.2, -0.15) is 0 Å². The number of anilines is 1. The topological polar surface area (TPSA) is 109 Å². The van der Waals surface area contributed by atoms with E-state index in [-0.39, 0.29) is 6.61 Å². The Bertz CT molecular complexity index is 934. The Morgan fingerprint density at radius 3 is 2.64 bits per heavy atom. The van der Waals surface area contributed by atoms with E-state index in [1.165, 1.54) is 6.33 Å². The SMILES string of the molecule is CN(C)c1ncnc2c1c1c(ccn1C)n2C1OC(CO)C(O)C1O. The van der Waals surface area contributed by atoms with Crippen LogP contribution in [0.4, 0.5) is 5.82 Å². The van der Waals surface area contributed by atoms with Crippen LogP contribution in [-0.4, -0.2) is 73.4 Å². The summed E-state index contributed by atoms with van der Waals surface area (Å²) in [6.07, 6.45) is -0.649. The van der Waals surface area contributed by atoms with Crippen LogP contribution < -0.4 is 4.90 Å². The van der Waals surface area contributed by atoms with E-state index >= 15 is 0 Å². The van der Waals surface area contributed by atoms with Crippen LogP contribution in [0.1, 0.15) is 6.23 Å². The fourth-order valence-electron chi connectivity index (χ4n) is 3.58. The van der Waals surface area contributed by atoms with Crippen molar-refractivity contribution < 1.29 is 20.1 Å². The highest BCUT2D eigenvalue weighted by atomic mass is 16.6. The number of nitrogens with zero attached hydrogens (tertiary/aromatic N) is 5. The van der Waals surface area contributed by atoms with Crippen LogP contribution in [0.3, 0.4) is 0 Å². The monoisotopic (exact) mass is 347 g/mol. The van der Waals surface area contributed by atoms with E-state index in [9.17, 15) is 15.3 Å². The lowest BCUT2D eigenvalue weighted by molar-refractivity contribution is -0.0489. The van der Waals surface area contributed by atoms with Gasteiger partial charge in [0.15, 0.2) is 6.23 Å². The zero-order chi connectivity index (χ0) is 17.9. The summed E-state index contributed by atoms with van der Waals surface area (Å²) in [5, 5.41) is 30.8. The van der Waals surface area contributed by atoms with Crippen LogP contribution >= 0.6 is 0 Å². The van der Waals surface area contributed by atoms with Crippen molar-refractivity contribution in [1.82, 2.24) is 19.1 Å². The smallest absolute Gasteiger partial charge is 0.165 e. The van der Waals surface area contributed by atoms with E-state index in [1.54, 1.807) is 4.57 Å². The molecule has 4 rings (SSSR count). The van der Waals surface area contributed by atoms with Crippen LogP contribution in [0.15, 0.2) is 18.6 Å². The molecule has 0 aliphatic carbocycles. The summed E-state index contributed by atoms with van der Waals surface area (Å²) >= 11 is 0. The van der Waals surface area contributed by atoms with Crippen LogP contribution in [0, 0.1) is 0 Å². The van der Waals surface area contributed by atoms with Crippen LogP contribution in [0.25, 0.3) is 22.1 Å². The molecule has 1 saturated heterocycles. The molecule has 3 N–H and O–H groups in total. The number of fused-ring (bicyclic) bond motifs is 3. The summed E-state index contributed by atoms with van der Waals surface area (Å²) in [6.45, 7) is -0.371. The first-order valence-electron chi connectivity index (χ1n) is 8.05. The molecule has 1 aliphatic heterocycles. The zero-order valence-corrected chi connectivity index (χ0v) is 14.2. The molecular weight excluding hydrogens is 326 g/mol. The Morgan fingerprint density at radius 2 is 2.00 bits per heavy atom. The van der Waals surface area contributed by atoms with Gasteiger partial charge in [-0.05, 0) is 6.07 Å². The summed E-state index contributed by atoms with van der Waals surface area (Å²) in [7, 11) is 5.73. The highest BCUT2D eigenvalue weighted by molar-refractivity contribution is 6.10. The van der Waals surface area contributed by atoms with Gasteiger partial charge in [-0.3, -0.25) is 4.57 Å². The van der Waals surface area contributed by atoms with Crippen molar-refractivity contribution in [2.24, 2.45) is 7.05 Å². The zero-order valence-electron chi connectivity index (χ0n) is 14.2. The molecule has 3 aromatic heterocycles. The molecule has 25 heavy (non-hydrogen) atoms. The Balaban J connectivity index is 2.02. The minimum absolute atomic E-state index is 0.371. The second-order valence-electron chi connectivity index (χ2n) is 6.55. The molecule has 9 heteroatoms. The largest absolute Gasteiger partial charge is 0.394 e. The first-order valence-corrected chi connectivity index (χ1v) is 8.05. The highest BCUT2D eigenvalue weighted by Crippen LogP contribution is 2.39. The normalized spacial score (nSPS) is 26.8. The minimum atomic E-state index is -1.17. The van der Waals surface area contributed by atoms with Crippen molar-refractivity contribution >= 4 is 27.9 Å². The molecule has 0 spiro atoms. The lowest BCUT2D eigenvalue weighted by atomic mass is 10.1. The van der Waals surface area contributed by atoms with Gasteiger partial charge >= 0.3 is 0 Å². The van der Waals surface area contributed by atoms with Gasteiger partial charge in [-0.1, -0.05) is 0 Å². The molecule has 3 aromatic rings.